The van der Waals surface area contributed by atoms with Crippen LogP contribution in [0.25, 0.3) is 11.1 Å². The molecule has 1 amide bonds. The van der Waals surface area contributed by atoms with E-state index in [-0.39, 0.29) is 31.2 Å². The van der Waals surface area contributed by atoms with Crippen molar-refractivity contribution in [3.05, 3.63) is 59.7 Å². The summed E-state index contributed by atoms with van der Waals surface area (Å²) >= 11 is 0. The van der Waals surface area contributed by atoms with Crippen molar-refractivity contribution in [2.24, 2.45) is 5.41 Å². The van der Waals surface area contributed by atoms with E-state index in [9.17, 15) is 14.7 Å². The standard InChI is InChI=1S/C23H23NO4/c25-21(26)23-11-9-15(10-12-23)24(14-23)22(27)28-13-20-18-7-3-1-5-16(18)17-6-2-4-8-19(17)20/h1-8,15,20H,9-14H2,(H,25,26). The minimum absolute atomic E-state index is 0.0202. The number of benzene rings is 2. The Kier molecular flexibility index (Phi) is 3.93. The molecule has 1 N–H and O–H groups in total. The van der Waals surface area contributed by atoms with E-state index in [4.69, 9.17) is 4.74 Å². The number of hydrogen-bond donors (Lipinski definition) is 1. The van der Waals surface area contributed by atoms with Gasteiger partial charge in [0.25, 0.3) is 0 Å². The molecular formula is C23H23NO4. The van der Waals surface area contributed by atoms with Crippen LogP contribution in [0.1, 0.15) is 42.7 Å². The lowest BCUT2D eigenvalue weighted by Crippen LogP contribution is -2.58. The minimum atomic E-state index is -0.791. The number of amides is 1. The third-order valence-corrected chi connectivity index (χ3v) is 6.85. The molecule has 0 atom stereocenters. The van der Waals surface area contributed by atoms with Crippen LogP contribution in [0, 0.1) is 5.41 Å². The van der Waals surface area contributed by atoms with Gasteiger partial charge in [0.05, 0.1) is 5.41 Å². The van der Waals surface area contributed by atoms with Crippen molar-refractivity contribution < 1.29 is 19.4 Å². The normalized spacial score (nSPS) is 25.3. The van der Waals surface area contributed by atoms with Gasteiger partial charge in [0.15, 0.2) is 0 Å². The maximum absolute atomic E-state index is 12.8. The van der Waals surface area contributed by atoms with E-state index in [0.29, 0.717) is 12.8 Å². The number of nitrogens with zero attached hydrogens (tertiary/aromatic N) is 1. The van der Waals surface area contributed by atoms with Gasteiger partial charge in [0, 0.05) is 18.5 Å². The van der Waals surface area contributed by atoms with Gasteiger partial charge >= 0.3 is 12.1 Å². The third-order valence-electron chi connectivity index (χ3n) is 6.85. The van der Waals surface area contributed by atoms with E-state index in [1.165, 1.54) is 22.3 Å². The van der Waals surface area contributed by atoms with Gasteiger partial charge in [-0.3, -0.25) is 4.79 Å². The summed E-state index contributed by atoms with van der Waals surface area (Å²) in [4.78, 5) is 26.3. The van der Waals surface area contributed by atoms with Gasteiger partial charge in [-0.05, 0) is 47.9 Å². The molecule has 0 spiro atoms. The quantitative estimate of drug-likeness (QED) is 0.868. The van der Waals surface area contributed by atoms with Crippen LogP contribution < -0.4 is 0 Å². The maximum atomic E-state index is 12.8. The van der Waals surface area contributed by atoms with Crippen LogP contribution in [0.3, 0.4) is 0 Å². The fraction of sp³-hybridized carbons (Fsp3) is 0.391. The van der Waals surface area contributed by atoms with Gasteiger partial charge < -0.3 is 14.7 Å². The molecule has 28 heavy (non-hydrogen) atoms. The Morgan fingerprint density at radius 2 is 1.57 bits per heavy atom. The van der Waals surface area contributed by atoms with E-state index >= 15 is 0 Å². The van der Waals surface area contributed by atoms with Gasteiger partial charge in [0.1, 0.15) is 6.61 Å². The Bertz CT molecular complexity index is 900. The van der Waals surface area contributed by atoms with E-state index in [1.807, 2.05) is 24.3 Å². The number of fused-ring (bicyclic) bond motifs is 6. The third kappa shape index (κ3) is 2.53. The highest BCUT2D eigenvalue weighted by molar-refractivity contribution is 5.80. The summed E-state index contributed by atoms with van der Waals surface area (Å²) in [6.07, 6.45) is 2.42. The van der Waals surface area contributed by atoms with E-state index in [2.05, 4.69) is 24.3 Å². The first-order valence-corrected chi connectivity index (χ1v) is 9.94. The molecule has 6 rings (SSSR count). The molecule has 0 radical (unpaired) electrons. The highest BCUT2D eigenvalue weighted by atomic mass is 16.6. The first-order valence-electron chi connectivity index (χ1n) is 9.94. The zero-order chi connectivity index (χ0) is 19.3. The summed E-state index contributed by atoms with van der Waals surface area (Å²) in [6, 6.07) is 16.6. The molecule has 5 nitrogen and oxygen atoms in total. The molecule has 0 unspecified atom stereocenters. The molecule has 4 aliphatic rings. The van der Waals surface area contributed by atoms with E-state index in [0.717, 1.165) is 12.8 Å². The zero-order valence-corrected chi connectivity index (χ0v) is 15.6. The summed E-state index contributed by atoms with van der Waals surface area (Å²) in [6.45, 7) is 0.541. The molecule has 2 aliphatic carbocycles. The first-order chi connectivity index (χ1) is 13.6. The number of carboxylic acids is 1. The second kappa shape index (κ2) is 6.36. The summed E-state index contributed by atoms with van der Waals surface area (Å²) in [5, 5.41) is 9.66. The van der Waals surface area contributed by atoms with Gasteiger partial charge in [-0.25, -0.2) is 4.79 Å². The number of carbonyl (C=O) groups is 2. The molecule has 2 aromatic carbocycles. The van der Waals surface area contributed by atoms with E-state index in [1.54, 1.807) is 4.90 Å². The molecule has 2 heterocycles. The number of ether oxygens (including phenoxy) is 1. The highest BCUT2D eigenvalue weighted by Crippen LogP contribution is 2.46. The van der Waals surface area contributed by atoms with Crippen molar-refractivity contribution in [1.29, 1.82) is 0 Å². The fourth-order valence-corrected chi connectivity index (χ4v) is 5.25. The summed E-state index contributed by atoms with van der Waals surface area (Å²) < 4.78 is 5.75. The van der Waals surface area contributed by atoms with Crippen LogP contribution in [0.4, 0.5) is 4.79 Å². The van der Waals surface area contributed by atoms with Crippen LogP contribution >= 0.6 is 0 Å². The average Bonchev–Trinajstić information content (AvgIpc) is 3.06. The highest BCUT2D eigenvalue weighted by Gasteiger charge is 2.51. The molecule has 2 aromatic rings. The molecule has 2 bridgehead atoms. The van der Waals surface area contributed by atoms with Crippen LogP contribution in [0.2, 0.25) is 0 Å². The monoisotopic (exact) mass is 377 g/mol. The van der Waals surface area contributed by atoms with E-state index < -0.39 is 11.4 Å². The van der Waals surface area contributed by atoms with Gasteiger partial charge in [0.2, 0.25) is 0 Å². The average molecular weight is 377 g/mol. The maximum Gasteiger partial charge on any atom is 0.410 e. The second-order valence-corrected chi connectivity index (χ2v) is 8.25. The number of carbonyl (C=O) groups excluding carboxylic acids is 1. The van der Waals surface area contributed by atoms with Gasteiger partial charge in [-0.2, -0.15) is 0 Å². The number of carboxylic acid groups (broad SMARTS) is 1. The Labute approximate surface area is 163 Å². The molecule has 0 aromatic heterocycles. The Morgan fingerprint density at radius 3 is 2.14 bits per heavy atom. The van der Waals surface area contributed by atoms with Crippen LogP contribution in [-0.4, -0.2) is 41.3 Å². The van der Waals surface area contributed by atoms with Crippen molar-refractivity contribution in [2.45, 2.75) is 37.6 Å². The minimum Gasteiger partial charge on any atom is -0.481 e. The number of aliphatic carboxylic acids is 1. The Hall–Kier alpha value is -2.82. The fourth-order valence-electron chi connectivity index (χ4n) is 5.25. The van der Waals surface area contributed by atoms with Crippen molar-refractivity contribution in [3.63, 3.8) is 0 Å². The molecule has 3 fully saturated rings. The lowest BCUT2D eigenvalue weighted by molar-refractivity contribution is -0.158. The van der Waals surface area contributed by atoms with Gasteiger partial charge in [-0.1, -0.05) is 48.5 Å². The van der Waals surface area contributed by atoms with Crippen molar-refractivity contribution in [1.82, 2.24) is 4.90 Å². The lowest BCUT2D eigenvalue weighted by atomic mass is 9.68. The molecule has 2 aliphatic heterocycles. The summed E-state index contributed by atoms with van der Waals surface area (Å²) in [7, 11) is 0. The smallest absolute Gasteiger partial charge is 0.410 e. The zero-order valence-electron chi connectivity index (χ0n) is 15.6. The predicted molar refractivity (Wildman–Crippen MR) is 104 cm³/mol. The number of piperidine rings is 2. The lowest BCUT2D eigenvalue weighted by Gasteiger charge is -2.49. The molecule has 1 saturated carbocycles. The SMILES string of the molecule is O=C(OCC1c2ccccc2-c2ccccc21)N1CC2(C(=O)O)CCC1CC2. The van der Waals surface area contributed by atoms with Crippen molar-refractivity contribution in [3.8, 4) is 11.1 Å². The molecule has 5 heteroatoms. The summed E-state index contributed by atoms with van der Waals surface area (Å²) in [5.41, 5.74) is 3.96. The van der Waals surface area contributed by atoms with Crippen LogP contribution in [-0.2, 0) is 9.53 Å². The largest absolute Gasteiger partial charge is 0.481 e. The van der Waals surface area contributed by atoms with Crippen molar-refractivity contribution in [2.75, 3.05) is 13.2 Å². The predicted octanol–water partition coefficient (Wildman–Crippen LogP) is 4.26. The summed E-state index contributed by atoms with van der Waals surface area (Å²) in [5.74, 6) is -0.770. The molecule has 2 saturated heterocycles. The number of hydrogen-bond acceptors (Lipinski definition) is 3. The topological polar surface area (TPSA) is 66.8 Å². The van der Waals surface area contributed by atoms with Crippen molar-refractivity contribution >= 4 is 12.1 Å². The Morgan fingerprint density at radius 1 is 1.00 bits per heavy atom. The number of rotatable bonds is 3. The second-order valence-electron chi connectivity index (χ2n) is 8.25. The first kappa shape index (κ1) is 17.3. The molecular weight excluding hydrogens is 354 g/mol. The van der Waals surface area contributed by atoms with Crippen LogP contribution in [0.5, 0.6) is 0 Å². The van der Waals surface area contributed by atoms with Crippen LogP contribution in [0.15, 0.2) is 48.5 Å². The van der Waals surface area contributed by atoms with Gasteiger partial charge in [-0.15, -0.1) is 0 Å². The molecule has 144 valence electrons. The Balaban J connectivity index is 1.34.